The average molecular weight is 127 g/mol. The van der Waals surface area contributed by atoms with Gasteiger partial charge in [0.2, 0.25) is 0 Å². The number of Topliss-reactive ketones (excluding diaryl/α,β-unsaturated/α-hetero) is 1. The van der Waals surface area contributed by atoms with Crippen molar-refractivity contribution in [1.82, 2.24) is 0 Å². The van der Waals surface area contributed by atoms with Crippen molar-refractivity contribution >= 4 is 11.5 Å². The van der Waals surface area contributed by atoms with Crippen LogP contribution in [0, 0.1) is 5.41 Å². The summed E-state index contributed by atoms with van der Waals surface area (Å²) in [5, 5.41) is 7.15. The Kier molecular flexibility index (Phi) is 3.93. The van der Waals surface area contributed by atoms with Gasteiger partial charge in [-0.1, -0.05) is 13.8 Å². The van der Waals surface area contributed by atoms with E-state index in [0.717, 1.165) is 0 Å². The van der Waals surface area contributed by atoms with Gasteiger partial charge in [0.25, 0.3) is 0 Å². The maximum atomic E-state index is 10.6. The summed E-state index contributed by atoms with van der Waals surface area (Å²) in [6.45, 7) is 3.72. The highest BCUT2D eigenvalue weighted by molar-refractivity contribution is 6.00. The smallest absolute Gasteiger partial charge is 0.138 e. The zero-order chi connectivity index (χ0) is 7.28. The number of rotatable bonds is 4. The maximum absolute atomic E-state index is 10.6. The lowest BCUT2D eigenvalue weighted by molar-refractivity contribution is -0.117. The van der Waals surface area contributed by atoms with Gasteiger partial charge >= 0.3 is 0 Å². The molecule has 0 amide bonds. The third-order valence-electron chi connectivity index (χ3n) is 1.23. The fourth-order valence-electron chi connectivity index (χ4n) is 0.488. The molecule has 0 fully saturated rings. The zero-order valence-electron chi connectivity index (χ0n) is 6.03. The average Bonchev–Trinajstić information content (AvgIpc) is 1.87. The minimum Gasteiger partial charge on any atom is -0.309 e. The van der Waals surface area contributed by atoms with Gasteiger partial charge in [-0.3, -0.25) is 4.79 Å². The molecule has 0 aliphatic rings. The van der Waals surface area contributed by atoms with Gasteiger partial charge in [0, 0.05) is 18.6 Å². The van der Waals surface area contributed by atoms with Crippen LogP contribution < -0.4 is 0 Å². The van der Waals surface area contributed by atoms with E-state index in [0.29, 0.717) is 25.0 Å². The van der Waals surface area contributed by atoms with Gasteiger partial charge in [0.1, 0.15) is 5.78 Å². The molecule has 0 aromatic heterocycles. The first-order valence-electron chi connectivity index (χ1n) is 3.28. The van der Waals surface area contributed by atoms with Crippen LogP contribution in [0.4, 0.5) is 0 Å². The standard InChI is InChI=1S/C7H13NO/c1-3-6(8)5-7(9)4-2/h8H,3-5H2,1-2H3. The second-order valence-corrected chi connectivity index (χ2v) is 2.03. The quantitative estimate of drug-likeness (QED) is 0.574. The number of hydrogen-bond donors (Lipinski definition) is 1. The zero-order valence-corrected chi connectivity index (χ0v) is 6.03. The van der Waals surface area contributed by atoms with Gasteiger partial charge in [0.15, 0.2) is 0 Å². The Hall–Kier alpha value is -0.660. The highest BCUT2D eigenvalue weighted by Crippen LogP contribution is 1.93. The first-order valence-corrected chi connectivity index (χ1v) is 3.28. The predicted octanol–water partition coefficient (Wildman–Crippen LogP) is 1.79. The number of hydrogen-bond acceptors (Lipinski definition) is 2. The molecular weight excluding hydrogens is 114 g/mol. The minimum absolute atomic E-state index is 0.168. The molecule has 0 radical (unpaired) electrons. The second kappa shape index (κ2) is 4.24. The van der Waals surface area contributed by atoms with E-state index in [-0.39, 0.29) is 5.78 Å². The van der Waals surface area contributed by atoms with Gasteiger partial charge < -0.3 is 5.41 Å². The fraction of sp³-hybridized carbons (Fsp3) is 0.714. The molecule has 2 heteroatoms. The summed E-state index contributed by atoms with van der Waals surface area (Å²) in [5.41, 5.74) is 0.543. The highest BCUT2D eigenvalue weighted by atomic mass is 16.1. The molecule has 2 nitrogen and oxygen atoms in total. The lowest BCUT2D eigenvalue weighted by Gasteiger charge is -1.95. The molecule has 0 saturated carbocycles. The van der Waals surface area contributed by atoms with Crippen LogP contribution in [0.2, 0.25) is 0 Å². The molecule has 0 aliphatic carbocycles. The fourth-order valence-corrected chi connectivity index (χ4v) is 0.488. The molecule has 0 saturated heterocycles. The molecule has 0 aromatic rings. The van der Waals surface area contributed by atoms with Crippen molar-refractivity contribution in [2.45, 2.75) is 33.1 Å². The summed E-state index contributed by atoms with van der Waals surface area (Å²) < 4.78 is 0. The number of nitrogens with one attached hydrogen (secondary N) is 1. The van der Waals surface area contributed by atoms with Crippen LogP contribution in [-0.2, 0) is 4.79 Å². The normalized spacial score (nSPS) is 9.11. The molecule has 1 N–H and O–H groups in total. The molecular formula is C7H13NO. The summed E-state index contributed by atoms with van der Waals surface area (Å²) in [6.07, 6.45) is 1.61. The van der Waals surface area contributed by atoms with Crippen LogP contribution >= 0.6 is 0 Å². The molecule has 0 aromatic carbocycles. The predicted molar refractivity (Wildman–Crippen MR) is 37.9 cm³/mol. The third-order valence-corrected chi connectivity index (χ3v) is 1.23. The van der Waals surface area contributed by atoms with E-state index in [1.807, 2.05) is 13.8 Å². The van der Waals surface area contributed by atoms with Gasteiger partial charge in [-0.15, -0.1) is 0 Å². The number of carbonyl (C=O) groups excluding carboxylic acids is 1. The van der Waals surface area contributed by atoms with Crippen LogP contribution in [0.15, 0.2) is 0 Å². The Morgan fingerprint density at radius 2 is 1.89 bits per heavy atom. The first kappa shape index (κ1) is 8.34. The Morgan fingerprint density at radius 1 is 1.33 bits per heavy atom. The van der Waals surface area contributed by atoms with E-state index < -0.39 is 0 Å². The Bertz CT molecular complexity index is 104. The largest absolute Gasteiger partial charge is 0.309 e. The van der Waals surface area contributed by atoms with Crippen molar-refractivity contribution in [2.75, 3.05) is 0 Å². The van der Waals surface area contributed by atoms with Crippen molar-refractivity contribution < 1.29 is 4.79 Å². The molecule has 0 heterocycles. The SMILES string of the molecule is CCC(=N)CC(=O)CC. The molecule has 0 spiro atoms. The number of carbonyl (C=O) groups is 1. The van der Waals surface area contributed by atoms with Gasteiger partial charge in [-0.25, -0.2) is 0 Å². The first-order chi connectivity index (χ1) is 4.20. The second-order valence-electron chi connectivity index (χ2n) is 2.03. The van der Waals surface area contributed by atoms with Crippen LogP contribution in [0.3, 0.4) is 0 Å². The lowest BCUT2D eigenvalue weighted by Crippen LogP contribution is -2.03. The van der Waals surface area contributed by atoms with Crippen LogP contribution in [-0.4, -0.2) is 11.5 Å². The van der Waals surface area contributed by atoms with E-state index in [4.69, 9.17) is 5.41 Å². The topological polar surface area (TPSA) is 40.9 Å². The molecule has 0 bridgehead atoms. The summed E-state index contributed by atoms with van der Waals surface area (Å²) in [7, 11) is 0. The Labute approximate surface area is 55.8 Å². The van der Waals surface area contributed by atoms with Crippen LogP contribution in [0.1, 0.15) is 33.1 Å². The molecule has 52 valence electrons. The van der Waals surface area contributed by atoms with Crippen molar-refractivity contribution in [1.29, 1.82) is 5.41 Å². The van der Waals surface area contributed by atoms with E-state index in [1.165, 1.54) is 0 Å². The van der Waals surface area contributed by atoms with E-state index >= 15 is 0 Å². The Balaban J connectivity index is 3.47. The van der Waals surface area contributed by atoms with Crippen molar-refractivity contribution in [3.8, 4) is 0 Å². The third kappa shape index (κ3) is 3.88. The lowest BCUT2D eigenvalue weighted by atomic mass is 10.1. The van der Waals surface area contributed by atoms with Gasteiger partial charge in [-0.2, -0.15) is 0 Å². The molecule has 0 aliphatic heterocycles. The van der Waals surface area contributed by atoms with Crippen LogP contribution in [0.25, 0.3) is 0 Å². The summed E-state index contributed by atoms with van der Waals surface area (Å²) in [6, 6.07) is 0. The van der Waals surface area contributed by atoms with Crippen molar-refractivity contribution in [3.05, 3.63) is 0 Å². The molecule has 0 atom stereocenters. The summed E-state index contributed by atoms with van der Waals surface area (Å²) >= 11 is 0. The molecule has 0 unspecified atom stereocenters. The summed E-state index contributed by atoms with van der Waals surface area (Å²) in [5.74, 6) is 0.168. The van der Waals surface area contributed by atoms with Crippen molar-refractivity contribution in [3.63, 3.8) is 0 Å². The van der Waals surface area contributed by atoms with Crippen molar-refractivity contribution in [2.24, 2.45) is 0 Å². The van der Waals surface area contributed by atoms with Crippen LogP contribution in [0.5, 0.6) is 0 Å². The highest BCUT2D eigenvalue weighted by Gasteiger charge is 1.99. The van der Waals surface area contributed by atoms with Gasteiger partial charge in [0.05, 0.1) is 0 Å². The molecule has 9 heavy (non-hydrogen) atoms. The van der Waals surface area contributed by atoms with E-state index in [1.54, 1.807) is 0 Å². The van der Waals surface area contributed by atoms with E-state index in [9.17, 15) is 4.79 Å². The monoisotopic (exact) mass is 127 g/mol. The number of ketones is 1. The Morgan fingerprint density at radius 3 is 2.22 bits per heavy atom. The van der Waals surface area contributed by atoms with E-state index in [2.05, 4.69) is 0 Å². The maximum Gasteiger partial charge on any atom is 0.138 e. The minimum atomic E-state index is 0.168. The summed E-state index contributed by atoms with van der Waals surface area (Å²) in [4.78, 5) is 10.6. The van der Waals surface area contributed by atoms with Gasteiger partial charge in [-0.05, 0) is 6.42 Å². The molecule has 0 rings (SSSR count).